The molecule has 0 spiro atoms. The number of carbonyl (C=O) groups is 1. The maximum atomic E-state index is 12.1. The van der Waals surface area contributed by atoms with E-state index in [1.54, 1.807) is 12.3 Å². The molecule has 1 aromatic heterocycles. The summed E-state index contributed by atoms with van der Waals surface area (Å²) in [7, 11) is 0. The van der Waals surface area contributed by atoms with Gasteiger partial charge in [0.1, 0.15) is 5.69 Å². The number of hydrogen-bond donors (Lipinski definition) is 1. The molecule has 16 heavy (non-hydrogen) atoms. The Kier molecular flexibility index (Phi) is 3.67. The molecular formula is C13H18N2O. The van der Waals surface area contributed by atoms with Crippen molar-refractivity contribution in [2.24, 2.45) is 11.7 Å². The van der Waals surface area contributed by atoms with E-state index in [0.717, 1.165) is 12.8 Å². The van der Waals surface area contributed by atoms with Gasteiger partial charge in [-0.3, -0.25) is 9.78 Å². The zero-order valence-electron chi connectivity index (χ0n) is 9.43. The van der Waals surface area contributed by atoms with Gasteiger partial charge in [-0.25, -0.2) is 0 Å². The second-order valence-corrected chi connectivity index (χ2v) is 4.50. The number of nitrogens with two attached hydrogens (primary N) is 1. The van der Waals surface area contributed by atoms with Crippen LogP contribution in [0.5, 0.6) is 0 Å². The number of pyridine rings is 1. The summed E-state index contributed by atoms with van der Waals surface area (Å²) in [5.74, 6) is 0.343. The molecule has 3 heteroatoms. The van der Waals surface area contributed by atoms with Crippen LogP contribution in [-0.2, 0) is 0 Å². The minimum Gasteiger partial charge on any atom is -0.321 e. The van der Waals surface area contributed by atoms with E-state index in [9.17, 15) is 4.79 Å². The van der Waals surface area contributed by atoms with Crippen LogP contribution in [0.15, 0.2) is 24.4 Å². The van der Waals surface area contributed by atoms with E-state index in [-0.39, 0.29) is 11.8 Å². The number of nitrogens with zero attached hydrogens (tertiary/aromatic N) is 1. The van der Waals surface area contributed by atoms with E-state index in [2.05, 4.69) is 4.98 Å². The Hall–Kier alpha value is -1.22. The van der Waals surface area contributed by atoms with Gasteiger partial charge in [0, 0.05) is 6.20 Å². The number of carbonyl (C=O) groups excluding carboxylic acids is 1. The van der Waals surface area contributed by atoms with Gasteiger partial charge in [-0.1, -0.05) is 25.3 Å². The Bertz CT molecular complexity index is 344. The molecule has 1 aliphatic carbocycles. The molecule has 0 amide bonds. The molecular weight excluding hydrogens is 200 g/mol. The van der Waals surface area contributed by atoms with Gasteiger partial charge in [0.2, 0.25) is 0 Å². The summed E-state index contributed by atoms with van der Waals surface area (Å²) < 4.78 is 0. The van der Waals surface area contributed by atoms with Crippen LogP contribution in [0, 0.1) is 5.92 Å². The predicted octanol–water partition coefficient (Wildman–Crippen LogP) is 2.17. The molecule has 0 radical (unpaired) electrons. The lowest BCUT2D eigenvalue weighted by molar-refractivity contribution is 0.0911. The lowest BCUT2D eigenvalue weighted by atomic mass is 9.82. The largest absolute Gasteiger partial charge is 0.321 e. The van der Waals surface area contributed by atoms with Crippen molar-refractivity contribution in [3.8, 4) is 0 Å². The van der Waals surface area contributed by atoms with Crippen LogP contribution in [0.1, 0.15) is 42.6 Å². The average Bonchev–Trinajstić information content (AvgIpc) is 2.39. The maximum absolute atomic E-state index is 12.1. The molecule has 2 N–H and O–H groups in total. The Balaban J connectivity index is 2.04. The van der Waals surface area contributed by atoms with Gasteiger partial charge in [0.25, 0.3) is 0 Å². The highest BCUT2D eigenvalue weighted by atomic mass is 16.1. The SMILES string of the molecule is N[C@@H](C(=O)c1ccccn1)C1CCCCC1. The third kappa shape index (κ3) is 2.47. The Morgan fingerprint density at radius 2 is 2.06 bits per heavy atom. The van der Waals surface area contributed by atoms with Gasteiger partial charge in [0.05, 0.1) is 6.04 Å². The maximum Gasteiger partial charge on any atom is 0.198 e. The Morgan fingerprint density at radius 1 is 1.31 bits per heavy atom. The van der Waals surface area contributed by atoms with E-state index in [1.165, 1.54) is 19.3 Å². The number of Topliss-reactive ketones (excluding diaryl/α,β-unsaturated/α-hetero) is 1. The van der Waals surface area contributed by atoms with Crippen molar-refractivity contribution in [2.45, 2.75) is 38.1 Å². The number of rotatable bonds is 3. The minimum absolute atomic E-state index is 0.00694. The fraction of sp³-hybridized carbons (Fsp3) is 0.538. The van der Waals surface area contributed by atoms with Crippen LogP contribution in [0.4, 0.5) is 0 Å². The highest BCUT2D eigenvalue weighted by Crippen LogP contribution is 2.26. The third-order valence-corrected chi connectivity index (χ3v) is 3.38. The van der Waals surface area contributed by atoms with E-state index < -0.39 is 0 Å². The van der Waals surface area contributed by atoms with E-state index in [1.807, 2.05) is 12.1 Å². The fourth-order valence-corrected chi connectivity index (χ4v) is 2.39. The molecule has 0 aliphatic heterocycles. The zero-order chi connectivity index (χ0) is 11.4. The molecule has 1 fully saturated rings. The number of ketones is 1. The first-order valence-corrected chi connectivity index (χ1v) is 6.00. The molecule has 1 saturated carbocycles. The van der Waals surface area contributed by atoms with Crippen molar-refractivity contribution in [2.75, 3.05) is 0 Å². The average molecular weight is 218 g/mol. The summed E-state index contributed by atoms with van der Waals surface area (Å²) >= 11 is 0. The lowest BCUT2D eigenvalue weighted by Gasteiger charge is -2.26. The molecule has 2 rings (SSSR count). The Morgan fingerprint density at radius 3 is 2.69 bits per heavy atom. The topological polar surface area (TPSA) is 56.0 Å². The highest BCUT2D eigenvalue weighted by Gasteiger charge is 2.27. The van der Waals surface area contributed by atoms with Gasteiger partial charge in [-0.05, 0) is 30.9 Å². The lowest BCUT2D eigenvalue weighted by Crippen LogP contribution is -2.39. The fourth-order valence-electron chi connectivity index (χ4n) is 2.39. The molecule has 0 saturated heterocycles. The predicted molar refractivity (Wildman–Crippen MR) is 63.1 cm³/mol. The molecule has 0 bridgehead atoms. The summed E-state index contributed by atoms with van der Waals surface area (Å²) in [5, 5.41) is 0. The molecule has 0 unspecified atom stereocenters. The van der Waals surface area contributed by atoms with Crippen molar-refractivity contribution in [1.29, 1.82) is 0 Å². The normalized spacial score (nSPS) is 19.3. The second-order valence-electron chi connectivity index (χ2n) is 4.50. The molecule has 0 aromatic carbocycles. The molecule has 86 valence electrons. The van der Waals surface area contributed by atoms with E-state index in [0.29, 0.717) is 11.6 Å². The van der Waals surface area contributed by atoms with Crippen molar-refractivity contribution < 1.29 is 4.79 Å². The van der Waals surface area contributed by atoms with Crippen LogP contribution in [-0.4, -0.2) is 16.8 Å². The second kappa shape index (κ2) is 5.21. The molecule has 1 aromatic rings. The first kappa shape index (κ1) is 11.3. The van der Waals surface area contributed by atoms with Gasteiger partial charge in [0.15, 0.2) is 5.78 Å². The van der Waals surface area contributed by atoms with Gasteiger partial charge < -0.3 is 5.73 Å². The third-order valence-electron chi connectivity index (χ3n) is 3.38. The molecule has 1 heterocycles. The Labute approximate surface area is 96.1 Å². The summed E-state index contributed by atoms with van der Waals surface area (Å²) in [6.07, 6.45) is 7.49. The van der Waals surface area contributed by atoms with Gasteiger partial charge in [-0.2, -0.15) is 0 Å². The quantitative estimate of drug-likeness (QED) is 0.791. The van der Waals surface area contributed by atoms with Crippen LogP contribution < -0.4 is 5.73 Å². The highest BCUT2D eigenvalue weighted by molar-refractivity contribution is 5.98. The first-order chi connectivity index (χ1) is 7.79. The van der Waals surface area contributed by atoms with E-state index >= 15 is 0 Å². The van der Waals surface area contributed by atoms with Crippen LogP contribution in [0.25, 0.3) is 0 Å². The van der Waals surface area contributed by atoms with Crippen molar-refractivity contribution in [3.05, 3.63) is 30.1 Å². The summed E-state index contributed by atoms with van der Waals surface area (Å²) in [5.41, 5.74) is 6.53. The smallest absolute Gasteiger partial charge is 0.198 e. The van der Waals surface area contributed by atoms with Crippen LogP contribution in [0.3, 0.4) is 0 Å². The first-order valence-electron chi connectivity index (χ1n) is 6.00. The summed E-state index contributed by atoms with van der Waals surface area (Å²) in [6, 6.07) is 5.01. The summed E-state index contributed by atoms with van der Waals surface area (Å²) in [6.45, 7) is 0. The van der Waals surface area contributed by atoms with Gasteiger partial charge >= 0.3 is 0 Å². The molecule has 1 atom stereocenters. The van der Waals surface area contributed by atoms with Crippen molar-refractivity contribution in [3.63, 3.8) is 0 Å². The monoisotopic (exact) mass is 218 g/mol. The van der Waals surface area contributed by atoms with Crippen LogP contribution in [0.2, 0.25) is 0 Å². The van der Waals surface area contributed by atoms with Crippen molar-refractivity contribution in [1.82, 2.24) is 4.98 Å². The number of hydrogen-bond acceptors (Lipinski definition) is 3. The summed E-state index contributed by atoms with van der Waals surface area (Å²) in [4.78, 5) is 16.1. The number of aromatic nitrogens is 1. The standard InChI is InChI=1S/C13H18N2O/c14-12(10-6-2-1-3-7-10)13(16)11-8-4-5-9-15-11/h4-5,8-10,12H,1-3,6-7,14H2/t12-/m1/s1. The molecule has 3 nitrogen and oxygen atoms in total. The minimum atomic E-state index is -0.366. The molecule has 1 aliphatic rings. The van der Waals surface area contributed by atoms with Crippen LogP contribution >= 0.6 is 0 Å². The van der Waals surface area contributed by atoms with Crippen molar-refractivity contribution >= 4 is 5.78 Å². The van der Waals surface area contributed by atoms with E-state index in [4.69, 9.17) is 5.73 Å². The van der Waals surface area contributed by atoms with Gasteiger partial charge in [-0.15, -0.1) is 0 Å². The zero-order valence-corrected chi connectivity index (χ0v) is 9.43.